The minimum atomic E-state index is -1.27. The molecule has 2 aromatic rings. The lowest BCUT2D eigenvalue weighted by Crippen LogP contribution is -2.63. The Morgan fingerprint density at radius 1 is 1.14 bits per heavy atom. The Bertz CT molecular complexity index is 1180. The van der Waals surface area contributed by atoms with Crippen LogP contribution in [0.15, 0.2) is 48.6 Å². The zero-order chi connectivity index (χ0) is 26.7. The molecule has 2 aromatic carbocycles. The molecular weight excluding hydrogens is 580 g/mol. The molecule has 1 aliphatic rings. The van der Waals surface area contributed by atoms with E-state index in [2.05, 4.69) is 5.32 Å². The molecule has 1 N–H and O–H groups in total. The monoisotopic (exact) mass is 605 g/mol. The number of nitrogens with zero attached hydrogens (tertiary/aromatic N) is 2. The average Bonchev–Trinajstić information content (AvgIpc) is 2.81. The number of hydrogen-bond acceptors (Lipinski definition) is 5. The Hall–Kier alpha value is -1.06. The highest BCUT2D eigenvalue weighted by Crippen LogP contribution is 2.55. The van der Waals surface area contributed by atoms with Gasteiger partial charge in [-0.15, -0.1) is 0 Å². The Morgan fingerprint density at radius 2 is 1.72 bits per heavy atom. The molecule has 11 heteroatoms. The van der Waals surface area contributed by atoms with Crippen LogP contribution in [0.1, 0.15) is 37.8 Å². The molecule has 36 heavy (non-hydrogen) atoms. The number of rotatable bonds is 8. The first-order valence-electron chi connectivity index (χ1n) is 11.4. The van der Waals surface area contributed by atoms with Crippen LogP contribution in [0.4, 0.5) is 0 Å². The molecule has 0 aromatic heterocycles. The molecule has 5 nitrogen and oxygen atoms in total. The van der Waals surface area contributed by atoms with E-state index >= 15 is 0 Å². The summed E-state index contributed by atoms with van der Waals surface area (Å²) < 4.78 is -0.762. The van der Waals surface area contributed by atoms with Gasteiger partial charge in [0.2, 0.25) is 0 Å². The van der Waals surface area contributed by atoms with Crippen molar-refractivity contribution in [2.24, 2.45) is 0 Å². The van der Waals surface area contributed by atoms with Crippen molar-refractivity contribution in [3.05, 3.63) is 89.9 Å². The summed E-state index contributed by atoms with van der Waals surface area (Å²) in [6.07, 6.45) is 4.90. The molecule has 0 spiro atoms. The van der Waals surface area contributed by atoms with Crippen LogP contribution in [-0.2, 0) is 10.3 Å². The fourth-order valence-corrected chi connectivity index (χ4v) is 7.75. The Kier molecular flexibility index (Phi) is 10.00. The van der Waals surface area contributed by atoms with E-state index in [1.54, 1.807) is 36.4 Å². The smallest absolute Gasteiger partial charge is 0.257 e. The summed E-state index contributed by atoms with van der Waals surface area (Å²) in [6, 6.07) is 8.87. The van der Waals surface area contributed by atoms with Crippen molar-refractivity contribution in [2.45, 2.75) is 43.0 Å². The minimum Gasteiger partial charge on any atom is -0.361 e. The summed E-state index contributed by atoms with van der Waals surface area (Å²) in [5.74, 6) is 0. The lowest BCUT2D eigenvalue weighted by molar-refractivity contribution is -0.543. The normalized spacial score (nSPS) is 23.5. The van der Waals surface area contributed by atoms with Gasteiger partial charge in [0.05, 0.1) is 0 Å². The minimum absolute atomic E-state index is 0.246. The molecule has 0 saturated heterocycles. The quantitative estimate of drug-likeness (QED) is 0.142. The second kappa shape index (κ2) is 12.2. The van der Waals surface area contributed by atoms with E-state index in [-0.39, 0.29) is 4.92 Å². The van der Waals surface area contributed by atoms with E-state index in [1.165, 1.54) is 11.8 Å². The molecule has 0 radical (unpaired) electrons. The standard InChI is InChI=1S/C25H27Cl4N3O2S2/c1-4-13-30-24(18-9-7-16(26)14-20(18)28)11-6-12-25(22(24)32(33)34,36-23(35)31(3)5-2)19-10-8-17(27)15-21(19)29/h6-10,12,14-15,22,30H,4-5,11,13H2,1-3H3. The van der Waals surface area contributed by atoms with Crippen molar-refractivity contribution in [3.63, 3.8) is 0 Å². The average molecular weight is 607 g/mol. The van der Waals surface area contributed by atoms with Gasteiger partial charge in [-0.05, 0) is 61.7 Å². The summed E-state index contributed by atoms with van der Waals surface area (Å²) in [7, 11) is 1.86. The van der Waals surface area contributed by atoms with Crippen molar-refractivity contribution >= 4 is 74.7 Å². The van der Waals surface area contributed by atoms with Gasteiger partial charge >= 0.3 is 0 Å². The summed E-state index contributed by atoms with van der Waals surface area (Å²) in [5.41, 5.74) is -0.0273. The SMILES string of the molecule is CCCNC1(c2ccc(Cl)cc2Cl)CC=CC(SC(=S)N(C)CC)(c2ccc(Cl)cc2Cl)C1[N+](=O)[O-]. The highest BCUT2D eigenvalue weighted by atomic mass is 35.5. The third-order valence-electron chi connectivity index (χ3n) is 6.39. The van der Waals surface area contributed by atoms with E-state index in [0.717, 1.165) is 6.42 Å². The van der Waals surface area contributed by atoms with Gasteiger partial charge in [0.15, 0.2) is 0 Å². The first-order valence-corrected chi connectivity index (χ1v) is 14.2. The highest BCUT2D eigenvalue weighted by Gasteiger charge is 2.63. The zero-order valence-corrected chi connectivity index (χ0v) is 24.7. The molecule has 0 amide bonds. The van der Waals surface area contributed by atoms with Crippen LogP contribution in [0.25, 0.3) is 0 Å². The molecule has 3 rings (SSSR count). The van der Waals surface area contributed by atoms with Gasteiger partial charge in [0.1, 0.15) is 14.6 Å². The van der Waals surface area contributed by atoms with Crippen LogP contribution in [0.3, 0.4) is 0 Å². The van der Waals surface area contributed by atoms with E-state index in [1.807, 2.05) is 37.9 Å². The highest BCUT2D eigenvalue weighted by molar-refractivity contribution is 8.23. The zero-order valence-electron chi connectivity index (χ0n) is 20.1. The second-order valence-corrected chi connectivity index (χ2v) is 12.2. The maximum absolute atomic E-state index is 13.2. The van der Waals surface area contributed by atoms with Gasteiger partial charge in [-0.25, -0.2) is 0 Å². The predicted octanol–water partition coefficient (Wildman–Crippen LogP) is 7.97. The van der Waals surface area contributed by atoms with Crippen molar-refractivity contribution in [1.29, 1.82) is 0 Å². The number of thioether (sulfide) groups is 1. The van der Waals surface area contributed by atoms with Crippen molar-refractivity contribution in [3.8, 4) is 0 Å². The predicted molar refractivity (Wildman–Crippen MR) is 158 cm³/mol. The van der Waals surface area contributed by atoms with Crippen molar-refractivity contribution < 1.29 is 4.92 Å². The lowest BCUT2D eigenvalue weighted by Gasteiger charge is -2.48. The summed E-state index contributed by atoms with van der Waals surface area (Å²) >= 11 is 32.9. The fourth-order valence-electron chi connectivity index (χ4n) is 4.59. The van der Waals surface area contributed by atoms with E-state index in [9.17, 15) is 10.1 Å². The van der Waals surface area contributed by atoms with Gasteiger partial charge in [0.25, 0.3) is 6.04 Å². The lowest BCUT2D eigenvalue weighted by atomic mass is 9.68. The molecule has 0 heterocycles. The number of nitrogens with one attached hydrogen (secondary N) is 1. The molecule has 0 saturated carbocycles. The van der Waals surface area contributed by atoms with Gasteiger partial charge in [-0.2, -0.15) is 0 Å². The third kappa shape index (κ3) is 5.68. The first-order chi connectivity index (χ1) is 17.0. The Morgan fingerprint density at radius 3 is 2.22 bits per heavy atom. The molecular formula is C25H27Cl4N3O2S2. The molecule has 0 aliphatic heterocycles. The second-order valence-electron chi connectivity index (χ2n) is 8.62. The van der Waals surface area contributed by atoms with E-state index < -0.39 is 16.3 Å². The van der Waals surface area contributed by atoms with Crippen LogP contribution < -0.4 is 5.32 Å². The number of thiocarbonyl (C=S) groups is 1. The summed E-state index contributed by atoms with van der Waals surface area (Å²) in [5, 5.41) is 18.3. The molecule has 3 unspecified atom stereocenters. The largest absolute Gasteiger partial charge is 0.361 e. The van der Waals surface area contributed by atoms with Crippen LogP contribution in [0.2, 0.25) is 20.1 Å². The molecule has 194 valence electrons. The number of halogens is 4. The van der Waals surface area contributed by atoms with Gasteiger partial charge in [0, 0.05) is 38.6 Å². The molecule has 3 atom stereocenters. The summed E-state index contributed by atoms with van der Waals surface area (Å²) in [4.78, 5) is 14.8. The molecule has 0 bridgehead atoms. The molecule has 0 fully saturated rings. The summed E-state index contributed by atoms with van der Waals surface area (Å²) in [6.45, 7) is 5.15. The fraction of sp³-hybridized carbons (Fsp3) is 0.400. The van der Waals surface area contributed by atoms with Gasteiger partial charge in [-0.3, -0.25) is 10.1 Å². The van der Waals surface area contributed by atoms with Crippen LogP contribution in [0.5, 0.6) is 0 Å². The Balaban J connectivity index is 2.39. The van der Waals surface area contributed by atoms with Gasteiger partial charge < -0.3 is 10.2 Å². The van der Waals surface area contributed by atoms with Crippen molar-refractivity contribution in [1.82, 2.24) is 10.2 Å². The van der Waals surface area contributed by atoms with Crippen LogP contribution in [-0.4, -0.2) is 40.3 Å². The van der Waals surface area contributed by atoms with Crippen LogP contribution in [0, 0.1) is 10.1 Å². The number of nitro groups is 1. The number of hydrogen-bond donors (Lipinski definition) is 1. The van der Waals surface area contributed by atoms with E-state index in [0.29, 0.717) is 55.0 Å². The first kappa shape index (κ1) is 29.5. The topological polar surface area (TPSA) is 58.4 Å². The Labute approximate surface area is 241 Å². The molecule has 1 aliphatic carbocycles. The van der Waals surface area contributed by atoms with Crippen molar-refractivity contribution in [2.75, 3.05) is 20.1 Å². The van der Waals surface area contributed by atoms with E-state index in [4.69, 9.17) is 58.6 Å². The maximum atomic E-state index is 13.2. The van der Waals surface area contributed by atoms with Crippen LogP contribution >= 0.6 is 70.4 Å². The maximum Gasteiger partial charge on any atom is 0.257 e. The van der Waals surface area contributed by atoms with Gasteiger partial charge in [-0.1, -0.05) is 102 Å². The third-order valence-corrected chi connectivity index (χ3v) is 9.45. The number of benzene rings is 2.